The second-order valence-electron chi connectivity index (χ2n) is 3.15. The lowest BCUT2D eigenvalue weighted by atomic mass is 10.1. The van der Waals surface area contributed by atoms with Crippen LogP contribution >= 0.6 is 11.8 Å². The summed E-state index contributed by atoms with van der Waals surface area (Å²) in [6.07, 6.45) is 2.15. The van der Waals surface area contributed by atoms with Gasteiger partial charge in [0, 0.05) is 11.8 Å². The molecule has 1 N–H and O–H groups in total. The van der Waals surface area contributed by atoms with Crippen LogP contribution in [0.3, 0.4) is 0 Å². The zero-order valence-electron chi connectivity index (χ0n) is 8.50. The predicted molar refractivity (Wildman–Crippen MR) is 61.1 cm³/mol. The van der Waals surface area contributed by atoms with E-state index in [0.29, 0.717) is 5.25 Å². The van der Waals surface area contributed by atoms with Crippen LogP contribution in [0.15, 0.2) is 24.3 Å². The van der Waals surface area contributed by atoms with E-state index in [0.717, 1.165) is 6.54 Å². The minimum Gasteiger partial charge on any atom is -0.316 e. The fourth-order valence-electron chi connectivity index (χ4n) is 1.25. The van der Waals surface area contributed by atoms with Gasteiger partial charge in [-0.05, 0) is 31.4 Å². The Morgan fingerprint density at radius 2 is 1.92 bits per heavy atom. The summed E-state index contributed by atoms with van der Waals surface area (Å²) in [5, 5.41) is 3.74. The van der Waals surface area contributed by atoms with E-state index in [1.165, 1.54) is 11.1 Å². The Labute approximate surface area is 84.9 Å². The molecule has 1 atom stereocenters. The number of benzene rings is 1. The molecule has 1 aromatic rings. The summed E-state index contributed by atoms with van der Waals surface area (Å²) in [4.78, 5) is 0. The Morgan fingerprint density at radius 3 is 2.38 bits per heavy atom. The molecule has 0 aliphatic heterocycles. The molecular formula is C11H17NS. The number of nitrogens with one attached hydrogen (secondary N) is 1. The Kier molecular flexibility index (Phi) is 4.33. The largest absolute Gasteiger partial charge is 0.316 e. The molecule has 1 unspecified atom stereocenters. The van der Waals surface area contributed by atoms with Gasteiger partial charge in [0.2, 0.25) is 0 Å². The third kappa shape index (κ3) is 3.05. The van der Waals surface area contributed by atoms with Crippen molar-refractivity contribution in [3.63, 3.8) is 0 Å². The highest BCUT2D eigenvalue weighted by Gasteiger charge is 2.01. The second kappa shape index (κ2) is 5.30. The number of hydrogen-bond donors (Lipinski definition) is 1. The molecule has 0 aliphatic rings. The van der Waals surface area contributed by atoms with Crippen molar-refractivity contribution >= 4 is 11.8 Å². The summed E-state index contributed by atoms with van der Waals surface area (Å²) in [7, 11) is 1.97. The molecular weight excluding hydrogens is 178 g/mol. The van der Waals surface area contributed by atoms with Gasteiger partial charge in [0.05, 0.1) is 0 Å². The molecule has 1 rings (SSSR count). The van der Waals surface area contributed by atoms with Gasteiger partial charge in [-0.25, -0.2) is 0 Å². The smallest absolute Gasteiger partial charge is 0.0266 e. The molecule has 0 radical (unpaired) electrons. The Morgan fingerprint density at radius 1 is 1.31 bits per heavy atom. The molecule has 0 saturated carbocycles. The van der Waals surface area contributed by atoms with Gasteiger partial charge in [-0.15, -0.1) is 0 Å². The molecule has 1 aromatic carbocycles. The average molecular weight is 195 g/mol. The molecule has 1 nitrogen and oxygen atoms in total. The minimum atomic E-state index is 0.601. The van der Waals surface area contributed by atoms with Gasteiger partial charge in [-0.3, -0.25) is 0 Å². The predicted octanol–water partition coefficient (Wildman–Crippen LogP) is 2.83. The lowest BCUT2D eigenvalue weighted by molar-refractivity contribution is 0.817. The number of thioether (sulfide) groups is 1. The molecule has 13 heavy (non-hydrogen) atoms. The van der Waals surface area contributed by atoms with Crippen LogP contribution in [0.25, 0.3) is 0 Å². The monoisotopic (exact) mass is 195 g/mol. The van der Waals surface area contributed by atoms with Crippen LogP contribution in [0, 0.1) is 0 Å². The molecule has 0 heterocycles. The van der Waals surface area contributed by atoms with Gasteiger partial charge in [0.25, 0.3) is 0 Å². The van der Waals surface area contributed by atoms with Gasteiger partial charge < -0.3 is 5.32 Å². The van der Waals surface area contributed by atoms with Crippen LogP contribution in [0.4, 0.5) is 0 Å². The Balaban J connectivity index is 2.69. The molecule has 0 amide bonds. The standard InChI is InChI=1S/C11H17NS/c1-9(13-3)11-6-4-10(5-7-11)8-12-2/h4-7,9,12H,8H2,1-3H3. The molecule has 0 aliphatic carbocycles. The highest BCUT2D eigenvalue weighted by atomic mass is 32.2. The summed E-state index contributed by atoms with van der Waals surface area (Å²) >= 11 is 1.88. The lowest BCUT2D eigenvalue weighted by Gasteiger charge is -2.09. The topological polar surface area (TPSA) is 12.0 Å². The van der Waals surface area contributed by atoms with Gasteiger partial charge >= 0.3 is 0 Å². The third-order valence-corrected chi connectivity index (χ3v) is 3.16. The van der Waals surface area contributed by atoms with Crippen LogP contribution < -0.4 is 5.32 Å². The zero-order valence-corrected chi connectivity index (χ0v) is 9.32. The summed E-state index contributed by atoms with van der Waals surface area (Å²) < 4.78 is 0. The van der Waals surface area contributed by atoms with Crippen LogP contribution in [-0.2, 0) is 6.54 Å². The van der Waals surface area contributed by atoms with Crippen molar-refractivity contribution in [1.29, 1.82) is 0 Å². The third-order valence-electron chi connectivity index (χ3n) is 2.18. The molecule has 0 bridgehead atoms. The van der Waals surface area contributed by atoms with E-state index in [2.05, 4.69) is 42.8 Å². The van der Waals surface area contributed by atoms with Crippen LogP contribution in [0.2, 0.25) is 0 Å². The molecule has 0 fully saturated rings. The molecule has 0 saturated heterocycles. The lowest BCUT2D eigenvalue weighted by Crippen LogP contribution is -2.04. The maximum Gasteiger partial charge on any atom is 0.0266 e. The highest BCUT2D eigenvalue weighted by Crippen LogP contribution is 2.25. The van der Waals surface area contributed by atoms with Gasteiger partial charge in [0.1, 0.15) is 0 Å². The van der Waals surface area contributed by atoms with Crippen molar-refractivity contribution < 1.29 is 0 Å². The first-order valence-corrected chi connectivity index (χ1v) is 5.83. The van der Waals surface area contributed by atoms with E-state index in [4.69, 9.17) is 0 Å². The van der Waals surface area contributed by atoms with E-state index >= 15 is 0 Å². The fraction of sp³-hybridized carbons (Fsp3) is 0.455. The molecule has 72 valence electrons. The van der Waals surface area contributed by atoms with Crippen molar-refractivity contribution in [2.24, 2.45) is 0 Å². The summed E-state index contributed by atoms with van der Waals surface area (Å²) in [5.41, 5.74) is 2.76. The maximum absolute atomic E-state index is 3.14. The first-order valence-electron chi connectivity index (χ1n) is 4.54. The summed E-state index contributed by atoms with van der Waals surface area (Å²) in [6.45, 7) is 3.19. The van der Waals surface area contributed by atoms with E-state index in [1.54, 1.807) is 0 Å². The minimum absolute atomic E-state index is 0.601. The van der Waals surface area contributed by atoms with E-state index in [1.807, 2.05) is 18.8 Å². The number of rotatable bonds is 4. The van der Waals surface area contributed by atoms with Crippen molar-refractivity contribution in [3.8, 4) is 0 Å². The van der Waals surface area contributed by atoms with E-state index in [-0.39, 0.29) is 0 Å². The van der Waals surface area contributed by atoms with Gasteiger partial charge in [-0.1, -0.05) is 24.3 Å². The van der Waals surface area contributed by atoms with E-state index in [9.17, 15) is 0 Å². The van der Waals surface area contributed by atoms with Gasteiger partial charge in [-0.2, -0.15) is 11.8 Å². The van der Waals surface area contributed by atoms with E-state index < -0.39 is 0 Å². The quantitative estimate of drug-likeness (QED) is 0.793. The SMILES string of the molecule is CNCc1ccc(C(C)SC)cc1. The van der Waals surface area contributed by atoms with Crippen molar-refractivity contribution in [1.82, 2.24) is 5.32 Å². The van der Waals surface area contributed by atoms with Crippen LogP contribution in [0.5, 0.6) is 0 Å². The average Bonchev–Trinajstić information content (AvgIpc) is 2.18. The number of hydrogen-bond acceptors (Lipinski definition) is 2. The first-order chi connectivity index (χ1) is 6.27. The Bertz CT molecular complexity index is 243. The maximum atomic E-state index is 3.14. The Hall–Kier alpha value is -0.470. The van der Waals surface area contributed by atoms with Gasteiger partial charge in [0.15, 0.2) is 0 Å². The van der Waals surface area contributed by atoms with Crippen LogP contribution in [-0.4, -0.2) is 13.3 Å². The highest BCUT2D eigenvalue weighted by molar-refractivity contribution is 7.98. The molecule has 0 aromatic heterocycles. The summed E-state index contributed by atoms with van der Waals surface area (Å²) in [5.74, 6) is 0. The van der Waals surface area contributed by atoms with Crippen LogP contribution in [0.1, 0.15) is 23.3 Å². The summed E-state index contributed by atoms with van der Waals surface area (Å²) in [6, 6.07) is 8.82. The van der Waals surface area contributed by atoms with Crippen molar-refractivity contribution in [3.05, 3.63) is 35.4 Å². The normalized spacial score (nSPS) is 12.8. The zero-order chi connectivity index (χ0) is 9.68. The van der Waals surface area contributed by atoms with Crippen molar-refractivity contribution in [2.45, 2.75) is 18.7 Å². The fourth-order valence-corrected chi connectivity index (χ4v) is 1.68. The molecule has 2 heteroatoms. The molecule has 0 spiro atoms. The van der Waals surface area contributed by atoms with Crippen molar-refractivity contribution in [2.75, 3.05) is 13.3 Å². The first kappa shape index (κ1) is 10.6. The second-order valence-corrected chi connectivity index (χ2v) is 4.33.